The zero-order valence-corrected chi connectivity index (χ0v) is 5.16. The molecule has 0 aliphatic carbocycles. The van der Waals surface area contributed by atoms with Crippen LogP contribution in [0.25, 0.3) is 0 Å². The fourth-order valence-electron chi connectivity index (χ4n) is 0.905. The second kappa shape index (κ2) is 1.80. The van der Waals surface area contributed by atoms with Gasteiger partial charge >= 0.3 is 0 Å². The summed E-state index contributed by atoms with van der Waals surface area (Å²) in [7, 11) is 0. The number of hydrogen-bond acceptors (Lipinski definition) is 3. The van der Waals surface area contributed by atoms with Crippen molar-refractivity contribution in [3.63, 3.8) is 0 Å². The van der Waals surface area contributed by atoms with Gasteiger partial charge in [-0.25, -0.2) is 0 Å². The van der Waals surface area contributed by atoms with Gasteiger partial charge in [-0.3, -0.25) is 4.79 Å². The lowest BCUT2D eigenvalue weighted by Gasteiger charge is -2.23. The summed E-state index contributed by atoms with van der Waals surface area (Å²) >= 11 is 0. The average molecular weight is 138 g/mol. The Bertz CT molecular complexity index is 242. The standard InChI is InChI=1S/C5H6N4O/c10-5-3(1-6-5)4-2-7-9-8-4/h2-3H,1H2,(H,6,10)(H,7,8,9). The van der Waals surface area contributed by atoms with Gasteiger partial charge in [0, 0.05) is 6.54 Å². The van der Waals surface area contributed by atoms with Gasteiger partial charge in [0.25, 0.3) is 0 Å². The van der Waals surface area contributed by atoms with Crippen LogP contribution in [0, 0.1) is 0 Å². The Kier molecular flexibility index (Phi) is 0.969. The van der Waals surface area contributed by atoms with E-state index in [1.807, 2.05) is 0 Å². The van der Waals surface area contributed by atoms with Crippen molar-refractivity contribution in [1.29, 1.82) is 0 Å². The zero-order chi connectivity index (χ0) is 6.97. The van der Waals surface area contributed by atoms with Crippen molar-refractivity contribution >= 4 is 5.91 Å². The molecule has 0 aromatic carbocycles. The molecule has 1 aliphatic heterocycles. The number of aromatic nitrogens is 3. The molecule has 52 valence electrons. The van der Waals surface area contributed by atoms with Crippen molar-refractivity contribution in [3.05, 3.63) is 11.9 Å². The molecule has 2 rings (SSSR count). The Labute approximate surface area is 56.8 Å². The monoisotopic (exact) mass is 138 g/mol. The summed E-state index contributed by atoms with van der Waals surface area (Å²) in [5, 5.41) is 12.5. The quantitative estimate of drug-likeness (QED) is 0.490. The molecule has 1 atom stereocenters. The number of amides is 1. The maximum atomic E-state index is 10.7. The number of carbonyl (C=O) groups is 1. The van der Waals surface area contributed by atoms with Gasteiger partial charge in [0.2, 0.25) is 5.91 Å². The molecular formula is C5H6N4O. The predicted molar refractivity (Wildman–Crippen MR) is 32.1 cm³/mol. The lowest BCUT2D eigenvalue weighted by Crippen LogP contribution is -2.46. The highest BCUT2D eigenvalue weighted by Gasteiger charge is 2.30. The normalized spacial score (nSPS) is 23.6. The van der Waals surface area contributed by atoms with E-state index in [4.69, 9.17) is 0 Å². The fraction of sp³-hybridized carbons (Fsp3) is 0.400. The van der Waals surface area contributed by atoms with Crippen molar-refractivity contribution in [2.24, 2.45) is 0 Å². The maximum absolute atomic E-state index is 10.7. The van der Waals surface area contributed by atoms with Gasteiger partial charge in [-0.15, -0.1) is 0 Å². The molecule has 0 bridgehead atoms. The number of carbonyl (C=O) groups excluding carboxylic acids is 1. The van der Waals surface area contributed by atoms with E-state index in [2.05, 4.69) is 20.7 Å². The Morgan fingerprint density at radius 3 is 3.00 bits per heavy atom. The third-order valence-electron chi connectivity index (χ3n) is 1.59. The Morgan fingerprint density at radius 1 is 1.70 bits per heavy atom. The van der Waals surface area contributed by atoms with Crippen molar-refractivity contribution in [3.8, 4) is 0 Å². The predicted octanol–water partition coefficient (Wildman–Crippen LogP) is -0.982. The molecule has 2 N–H and O–H groups in total. The first-order valence-corrected chi connectivity index (χ1v) is 3.01. The molecule has 5 heteroatoms. The van der Waals surface area contributed by atoms with Crippen LogP contribution in [0.2, 0.25) is 0 Å². The van der Waals surface area contributed by atoms with E-state index in [0.29, 0.717) is 6.54 Å². The summed E-state index contributed by atoms with van der Waals surface area (Å²) in [5.74, 6) is -0.0346. The van der Waals surface area contributed by atoms with Crippen LogP contribution in [0.5, 0.6) is 0 Å². The van der Waals surface area contributed by atoms with E-state index < -0.39 is 0 Å². The van der Waals surface area contributed by atoms with E-state index in [9.17, 15) is 4.79 Å². The van der Waals surface area contributed by atoms with Gasteiger partial charge in [0.05, 0.1) is 11.9 Å². The molecular weight excluding hydrogens is 132 g/mol. The minimum Gasteiger partial charge on any atom is -0.354 e. The minimum absolute atomic E-state index is 0.0360. The highest BCUT2D eigenvalue weighted by Crippen LogP contribution is 2.16. The summed E-state index contributed by atoms with van der Waals surface area (Å²) in [5.41, 5.74) is 0.726. The SMILES string of the molecule is O=C1NCC1c1cn[nH]n1. The van der Waals surface area contributed by atoms with E-state index in [-0.39, 0.29) is 11.8 Å². The third-order valence-corrected chi connectivity index (χ3v) is 1.59. The molecule has 1 amide bonds. The van der Waals surface area contributed by atoms with Crippen LogP contribution in [0.15, 0.2) is 6.20 Å². The lowest BCUT2D eigenvalue weighted by molar-refractivity contribution is -0.127. The molecule has 1 saturated heterocycles. The molecule has 1 aromatic rings. The van der Waals surface area contributed by atoms with Crippen LogP contribution in [-0.4, -0.2) is 27.9 Å². The summed E-state index contributed by atoms with van der Waals surface area (Å²) < 4.78 is 0. The van der Waals surface area contributed by atoms with Crippen LogP contribution in [0.1, 0.15) is 11.6 Å². The Balaban J connectivity index is 2.21. The van der Waals surface area contributed by atoms with E-state index in [1.165, 1.54) is 0 Å². The third kappa shape index (κ3) is 0.601. The van der Waals surface area contributed by atoms with Gasteiger partial charge in [-0.05, 0) is 0 Å². The van der Waals surface area contributed by atoms with Crippen molar-refractivity contribution in [1.82, 2.24) is 20.7 Å². The van der Waals surface area contributed by atoms with E-state index in [0.717, 1.165) is 5.69 Å². The van der Waals surface area contributed by atoms with Crippen LogP contribution >= 0.6 is 0 Å². The molecule has 0 radical (unpaired) electrons. The smallest absolute Gasteiger partial charge is 0.231 e. The van der Waals surface area contributed by atoms with Gasteiger partial charge in [0.1, 0.15) is 5.92 Å². The largest absolute Gasteiger partial charge is 0.354 e. The van der Waals surface area contributed by atoms with Crippen molar-refractivity contribution in [2.75, 3.05) is 6.54 Å². The molecule has 1 unspecified atom stereocenters. The Morgan fingerprint density at radius 2 is 2.60 bits per heavy atom. The summed E-state index contributed by atoms with van der Waals surface area (Å²) in [6.07, 6.45) is 1.57. The summed E-state index contributed by atoms with van der Waals surface area (Å²) in [6, 6.07) is 0. The number of β-lactam (4-membered cyclic amide) rings is 1. The minimum atomic E-state index is -0.0706. The first kappa shape index (κ1) is 5.40. The first-order chi connectivity index (χ1) is 4.88. The number of nitrogens with one attached hydrogen (secondary N) is 2. The van der Waals surface area contributed by atoms with Gasteiger partial charge in [-0.2, -0.15) is 15.4 Å². The highest BCUT2D eigenvalue weighted by molar-refractivity contribution is 5.88. The molecule has 1 aromatic heterocycles. The summed E-state index contributed by atoms with van der Waals surface area (Å²) in [6.45, 7) is 0.686. The van der Waals surface area contributed by atoms with E-state index in [1.54, 1.807) is 6.20 Å². The topological polar surface area (TPSA) is 70.7 Å². The van der Waals surface area contributed by atoms with Crippen molar-refractivity contribution < 1.29 is 4.79 Å². The van der Waals surface area contributed by atoms with Gasteiger partial charge in [0.15, 0.2) is 0 Å². The number of nitrogens with zero attached hydrogens (tertiary/aromatic N) is 2. The molecule has 5 nitrogen and oxygen atoms in total. The molecule has 1 fully saturated rings. The number of rotatable bonds is 1. The van der Waals surface area contributed by atoms with Gasteiger partial charge in [-0.1, -0.05) is 0 Å². The average Bonchev–Trinajstić information content (AvgIpc) is 2.37. The van der Waals surface area contributed by atoms with Crippen LogP contribution in [0.3, 0.4) is 0 Å². The second-order valence-corrected chi connectivity index (χ2v) is 2.19. The molecule has 0 saturated carbocycles. The fourth-order valence-corrected chi connectivity index (χ4v) is 0.905. The number of H-pyrrole nitrogens is 1. The van der Waals surface area contributed by atoms with Crippen LogP contribution in [-0.2, 0) is 4.79 Å². The maximum Gasteiger partial charge on any atom is 0.231 e. The second-order valence-electron chi connectivity index (χ2n) is 2.19. The Hall–Kier alpha value is -1.39. The lowest BCUT2D eigenvalue weighted by atomic mass is 9.99. The number of aromatic amines is 1. The zero-order valence-electron chi connectivity index (χ0n) is 5.16. The van der Waals surface area contributed by atoms with Crippen LogP contribution in [0.4, 0.5) is 0 Å². The van der Waals surface area contributed by atoms with E-state index >= 15 is 0 Å². The first-order valence-electron chi connectivity index (χ1n) is 3.01. The molecule has 1 aliphatic rings. The molecule has 2 heterocycles. The number of hydrogen-bond donors (Lipinski definition) is 2. The van der Waals surface area contributed by atoms with Crippen LogP contribution < -0.4 is 5.32 Å². The molecule has 10 heavy (non-hydrogen) atoms. The molecule has 0 spiro atoms. The summed E-state index contributed by atoms with van der Waals surface area (Å²) in [4.78, 5) is 10.7. The highest BCUT2D eigenvalue weighted by atomic mass is 16.2. The van der Waals surface area contributed by atoms with Crippen molar-refractivity contribution in [2.45, 2.75) is 5.92 Å². The van der Waals surface area contributed by atoms with Gasteiger partial charge < -0.3 is 5.32 Å².